The molecule has 1 unspecified atom stereocenters. The minimum atomic E-state index is -2.74. The number of ether oxygens (including phenoxy) is 1. The van der Waals surface area contributed by atoms with Crippen molar-refractivity contribution in [3.8, 4) is 5.75 Å². The minimum absolute atomic E-state index is 0.0296. The maximum absolute atomic E-state index is 14.3. The van der Waals surface area contributed by atoms with Crippen LogP contribution in [-0.4, -0.2) is 47.1 Å². The van der Waals surface area contributed by atoms with E-state index in [-0.39, 0.29) is 35.7 Å². The molecule has 1 atom stereocenters. The van der Waals surface area contributed by atoms with Crippen LogP contribution in [-0.2, 0) is 0 Å². The van der Waals surface area contributed by atoms with Gasteiger partial charge in [-0.2, -0.15) is 0 Å². The Morgan fingerprint density at radius 3 is 2.62 bits per heavy atom. The molecule has 1 aliphatic carbocycles. The third-order valence-corrected chi connectivity index (χ3v) is 5.66. The fourth-order valence-corrected chi connectivity index (χ4v) is 3.52. The van der Waals surface area contributed by atoms with Gasteiger partial charge in [0.2, 0.25) is 0 Å². The molecule has 2 fully saturated rings. The summed E-state index contributed by atoms with van der Waals surface area (Å²) in [6, 6.07) is 2.57. The number of aliphatic imine (C=N–C) groups is 1. The van der Waals surface area contributed by atoms with Crippen molar-refractivity contribution >= 4 is 17.7 Å². The Bertz CT molecular complexity index is 925. The van der Waals surface area contributed by atoms with Crippen molar-refractivity contribution in [1.82, 2.24) is 10.2 Å². The topological polar surface area (TPSA) is 86.7 Å². The third kappa shape index (κ3) is 3.77. The summed E-state index contributed by atoms with van der Waals surface area (Å²) in [5.74, 6) is -2.81. The largest absolute Gasteiger partial charge is 0.484 e. The van der Waals surface area contributed by atoms with Crippen LogP contribution in [0.3, 0.4) is 0 Å². The molecule has 0 radical (unpaired) electrons. The van der Waals surface area contributed by atoms with E-state index in [1.165, 1.54) is 17.3 Å². The number of hydrogen-bond donors (Lipinski definition) is 3. The van der Waals surface area contributed by atoms with Gasteiger partial charge in [0.25, 0.3) is 5.92 Å². The van der Waals surface area contributed by atoms with Crippen molar-refractivity contribution in [3.05, 3.63) is 35.4 Å². The first-order valence-electron chi connectivity index (χ1n) is 9.54. The molecule has 2 heterocycles. The van der Waals surface area contributed by atoms with Crippen molar-refractivity contribution in [2.45, 2.75) is 50.2 Å². The molecule has 1 aromatic carbocycles. The zero-order valence-electron chi connectivity index (χ0n) is 16.4. The van der Waals surface area contributed by atoms with E-state index in [2.05, 4.69) is 10.3 Å². The molecular formula is C20H24F3N5O. The number of halogens is 3. The summed E-state index contributed by atoms with van der Waals surface area (Å²) in [4.78, 5) is 5.87. The Labute approximate surface area is 167 Å². The number of benzene rings is 1. The van der Waals surface area contributed by atoms with Crippen LogP contribution in [0, 0.1) is 11.2 Å². The van der Waals surface area contributed by atoms with E-state index in [9.17, 15) is 13.2 Å². The van der Waals surface area contributed by atoms with Crippen LogP contribution < -0.4 is 15.8 Å². The van der Waals surface area contributed by atoms with Crippen LogP contribution in [0.4, 0.5) is 18.9 Å². The number of hydrogen-bond acceptors (Lipinski definition) is 6. The average molecular weight is 407 g/mol. The molecule has 6 nitrogen and oxygen atoms in total. The molecule has 1 saturated carbocycles. The monoisotopic (exact) mass is 407 g/mol. The summed E-state index contributed by atoms with van der Waals surface area (Å²) < 4.78 is 47.3. The molecule has 0 aromatic heterocycles. The standard InChI is InChI=1S/C20H24F3N5O/c1-18(3-4-18)29-15-7-12(14(24)8-13(15)21)17(25)19(2)9-16(26-11-27-19)28-6-5-20(22,23)10-28/h7-9,11,25H,3-6,10,24H2,1-2H3,(H,26,27). The summed E-state index contributed by atoms with van der Waals surface area (Å²) in [5.41, 5.74) is 4.88. The number of nitrogens with one attached hydrogen (secondary N) is 2. The molecular weight excluding hydrogens is 383 g/mol. The fraction of sp³-hybridized carbons (Fsp3) is 0.500. The van der Waals surface area contributed by atoms with Gasteiger partial charge in [-0.25, -0.2) is 13.2 Å². The van der Waals surface area contributed by atoms with Crippen molar-refractivity contribution < 1.29 is 17.9 Å². The SMILES string of the molecule is CC1(Oc2cc(C(=N)C3(C)C=C(N4CCC(F)(F)C4)NC=N3)c(N)cc2F)CC1. The fourth-order valence-electron chi connectivity index (χ4n) is 3.52. The number of nitrogens with two attached hydrogens (primary N) is 1. The smallest absolute Gasteiger partial charge is 0.266 e. The molecule has 4 N–H and O–H groups in total. The van der Waals surface area contributed by atoms with Crippen LogP contribution in [0.25, 0.3) is 0 Å². The number of likely N-dealkylation sites (tertiary alicyclic amines) is 1. The van der Waals surface area contributed by atoms with E-state index < -0.39 is 23.8 Å². The van der Waals surface area contributed by atoms with Crippen LogP contribution in [0.5, 0.6) is 5.75 Å². The number of nitrogens with zero attached hydrogens (tertiary/aromatic N) is 2. The van der Waals surface area contributed by atoms with E-state index >= 15 is 0 Å². The lowest BCUT2D eigenvalue weighted by Gasteiger charge is -2.32. The summed E-state index contributed by atoms with van der Waals surface area (Å²) in [6.07, 6.45) is 4.47. The Kier molecular flexibility index (Phi) is 4.32. The van der Waals surface area contributed by atoms with Gasteiger partial charge in [-0.3, -0.25) is 4.99 Å². The predicted octanol–water partition coefficient (Wildman–Crippen LogP) is 3.28. The van der Waals surface area contributed by atoms with E-state index in [1.54, 1.807) is 13.0 Å². The lowest BCUT2D eigenvalue weighted by Crippen LogP contribution is -2.42. The van der Waals surface area contributed by atoms with Gasteiger partial charge in [-0.15, -0.1) is 0 Å². The quantitative estimate of drug-likeness (QED) is 0.516. The molecule has 4 rings (SSSR count). The zero-order chi connectivity index (χ0) is 21.0. The average Bonchev–Trinajstić information content (AvgIpc) is 3.25. The number of rotatable bonds is 5. The Hall–Kier alpha value is -2.71. The second-order valence-electron chi connectivity index (χ2n) is 8.40. The molecule has 0 amide bonds. The Balaban J connectivity index is 1.63. The Morgan fingerprint density at radius 2 is 2.00 bits per heavy atom. The predicted molar refractivity (Wildman–Crippen MR) is 105 cm³/mol. The molecule has 156 valence electrons. The molecule has 1 aromatic rings. The van der Waals surface area contributed by atoms with E-state index in [1.807, 2.05) is 6.92 Å². The highest BCUT2D eigenvalue weighted by atomic mass is 19.3. The maximum Gasteiger partial charge on any atom is 0.266 e. The van der Waals surface area contributed by atoms with E-state index in [4.69, 9.17) is 15.9 Å². The first-order chi connectivity index (χ1) is 13.5. The van der Waals surface area contributed by atoms with Crippen LogP contribution in [0.15, 0.2) is 29.0 Å². The number of anilines is 1. The molecule has 2 aliphatic heterocycles. The molecule has 9 heteroatoms. The highest BCUT2D eigenvalue weighted by Crippen LogP contribution is 2.41. The first-order valence-corrected chi connectivity index (χ1v) is 9.54. The summed E-state index contributed by atoms with van der Waals surface area (Å²) in [5, 5.41) is 11.6. The Morgan fingerprint density at radius 1 is 1.28 bits per heavy atom. The highest BCUT2D eigenvalue weighted by molar-refractivity contribution is 6.11. The lowest BCUT2D eigenvalue weighted by atomic mass is 9.88. The molecule has 0 spiro atoms. The van der Waals surface area contributed by atoms with Gasteiger partial charge in [-0.1, -0.05) is 0 Å². The first kappa shape index (κ1) is 19.6. The summed E-state index contributed by atoms with van der Waals surface area (Å²) in [7, 11) is 0. The van der Waals surface area contributed by atoms with Crippen LogP contribution >= 0.6 is 0 Å². The third-order valence-electron chi connectivity index (χ3n) is 5.66. The number of nitrogen functional groups attached to an aromatic ring is 1. The highest BCUT2D eigenvalue weighted by Gasteiger charge is 2.42. The van der Waals surface area contributed by atoms with E-state index in [0.29, 0.717) is 11.4 Å². The van der Waals surface area contributed by atoms with Crippen LogP contribution in [0.2, 0.25) is 0 Å². The molecule has 1 saturated heterocycles. The second-order valence-corrected chi connectivity index (χ2v) is 8.40. The van der Waals surface area contributed by atoms with Crippen molar-refractivity contribution in [2.75, 3.05) is 18.8 Å². The maximum atomic E-state index is 14.3. The van der Waals surface area contributed by atoms with Gasteiger partial charge in [0.05, 0.1) is 18.6 Å². The van der Waals surface area contributed by atoms with Gasteiger partial charge in [0.15, 0.2) is 11.6 Å². The van der Waals surface area contributed by atoms with Gasteiger partial charge in [0.1, 0.15) is 17.0 Å². The van der Waals surface area contributed by atoms with Crippen molar-refractivity contribution in [3.63, 3.8) is 0 Å². The van der Waals surface area contributed by atoms with Gasteiger partial charge >= 0.3 is 0 Å². The molecule has 3 aliphatic rings. The zero-order valence-corrected chi connectivity index (χ0v) is 16.4. The van der Waals surface area contributed by atoms with Crippen molar-refractivity contribution in [1.29, 1.82) is 5.41 Å². The lowest BCUT2D eigenvalue weighted by molar-refractivity contribution is 0.0147. The molecule has 29 heavy (non-hydrogen) atoms. The van der Waals surface area contributed by atoms with Crippen molar-refractivity contribution in [2.24, 2.45) is 4.99 Å². The van der Waals surface area contributed by atoms with Gasteiger partial charge < -0.3 is 26.1 Å². The summed E-state index contributed by atoms with van der Waals surface area (Å²) in [6.45, 7) is 3.40. The number of alkyl halides is 2. The second kappa shape index (κ2) is 6.40. The van der Waals surface area contributed by atoms with E-state index in [0.717, 1.165) is 18.9 Å². The molecule has 0 bridgehead atoms. The van der Waals surface area contributed by atoms with Crippen LogP contribution in [0.1, 0.15) is 38.7 Å². The van der Waals surface area contributed by atoms with Gasteiger partial charge in [-0.05, 0) is 38.8 Å². The minimum Gasteiger partial charge on any atom is -0.484 e. The summed E-state index contributed by atoms with van der Waals surface area (Å²) >= 11 is 0. The normalized spacial score (nSPS) is 26.7. The van der Waals surface area contributed by atoms with Gasteiger partial charge in [0, 0.05) is 30.3 Å².